The first-order chi connectivity index (χ1) is 13.7. The van der Waals surface area contributed by atoms with Gasteiger partial charge in [-0.2, -0.15) is 8.75 Å². The minimum atomic E-state index is -0.126. The topological polar surface area (TPSA) is 85.1 Å². The lowest BCUT2D eigenvalue weighted by molar-refractivity contribution is -0.113. The fourth-order valence-electron chi connectivity index (χ4n) is 3.19. The van der Waals surface area contributed by atoms with Crippen LogP contribution in [-0.2, 0) is 4.79 Å². The van der Waals surface area contributed by atoms with Crippen LogP contribution in [0.15, 0.2) is 53.7 Å². The number of anilines is 1. The van der Waals surface area contributed by atoms with Crippen LogP contribution < -0.4 is 5.32 Å². The van der Waals surface area contributed by atoms with Gasteiger partial charge >= 0.3 is 0 Å². The quantitative estimate of drug-likeness (QED) is 0.455. The van der Waals surface area contributed by atoms with Gasteiger partial charge < -0.3 is 5.32 Å². The number of fused-ring (bicyclic) bond motifs is 4. The Morgan fingerprint density at radius 3 is 2.96 bits per heavy atom. The van der Waals surface area contributed by atoms with Crippen LogP contribution in [-0.4, -0.2) is 35.0 Å². The molecule has 28 heavy (non-hydrogen) atoms. The Morgan fingerprint density at radius 1 is 1.14 bits per heavy atom. The second-order valence-electron chi connectivity index (χ2n) is 6.30. The summed E-state index contributed by atoms with van der Waals surface area (Å²) in [4.78, 5) is 12.5. The minimum absolute atomic E-state index is 0.126. The maximum absolute atomic E-state index is 12.5. The number of nitrogens with one attached hydrogen (secondary N) is 1. The number of carbonyl (C=O) groups is 1. The molecular formula is C19H14N6OS2. The normalized spacial score (nSPS) is 11.5. The van der Waals surface area contributed by atoms with Gasteiger partial charge in [0.2, 0.25) is 5.91 Å². The monoisotopic (exact) mass is 406 g/mol. The van der Waals surface area contributed by atoms with Crippen molar-refractivity contribution >= 4 is 62.7 Å². The second-order valence-corrected chi connectivity index (χ2v) is 7.77. The highest BCUT2D eigenvalue weighted by atomic mass is 32.2. The lowest BCUT2D eigenvalue weighted by Crippen LogP contribution is -2.14. The molecule has 0 aliphatic carbocycles. The number of amides is 1. The summed E-state index contributed by atoms with van der Waals surface area (Å²) in [5.41, 5.74) is 5.11. The van der Waals surface area contributed by atoms with Crippen molar-refractivity contribution in [2.24, 2.45) is 0 Å². The number of aromatic nitrogens is 5. The van der Waals surface area contributed by atoms with Crippen LogP contribution in [0.4, 0.5) is 5.69 Å². The zero-order valence-electron chi connectivity index (χ0n) is 14.8. The molecule has 0 saturated carbocycles. The van der Waals surface area contributed by atoms with Gasteiger partial charge in [0.15, 0.2) is 10.8 Å². The van der Waals surface area contributed by atoms with Crippen LogP contribution in [0.25, 0.3) is 27.6 Å². The highest BCUT2D eigenvalue weighted by Gasteiger charge is 2.14. The van der Waals surface area contributed by atoms with Crippen molar-refractivity contribution < 1.29 is 4.79 Å². The third-order valence-corrected chi connectivity index (χ3v) is 5.94. The standard InChI is InChI=1S/C19H14N6OS2/c1-11-9-16-21-22-19(25(16)15-8-3-2-5-12(11)15)27-10-17(26)20-13-6-4-7-14-18(13)24-28-23-14/h2-9H,10H2,1H3,(H,20,26). The number of carbonyl (C=O) groups excluding carboxylic acids is 1. The first-order valence-corrected chi connectivity index (χ1v) is 10.3. The van der Waals surface area contributed by atoms with Crippen LogP contribution in [0.2, 0.25) is 0 Å². The molecular weight excluding hydrogens is 392 g/mol. The van der Waals surface area contributed by atoms with Gasteiger partial charge in [0.05, 0.1) is 28.7 Å². The predicted molar refractivity (Wildman–Crippen MR) is 112 cm³/mol. The Kier molecular flexibility index (Phi) is 4.18. The van der Waals surface area contributed by atoms with Gasteiger partial charge in [-0.15, -0.1) is 10.2 Å². The molecule has 0 radical (unpaired) electrons. The summed E-state index contributed by atoms with van der Waals surface area (Å²) in [7, 11) is 0. The molecule has 0 spiro atoms. The summed E-state index contributed by atoms with van der Waals surface area (Å²) in [5.74, 6) is 0.0930. The summed E-state index contributed by atoms with van der Waals surface area (Å²) >= 11 is 2.49. The van der Waals surface area contributed by atoms with E-state index in [0.717, 1.165) is 39.4 Å². The van der Waals surface area contributed by atoms with E-state index in [2.05, 4.69) is 37.3 Å². The van der Waals surface area contributed by atoms with Crippen molar-refractivity contribution in [2.45, 2.75) is 12.1 Å². The molecule has 0 saturated heterocycles. The average molecular weight is 406 g/mol. The molecule has 3 aromatic heterocycles. The number of thioether (sulfide) groups is 1. The maximum Gasteiger partial charge on any atom is 0.234 e. The Balaban J connectivity index is 1.41. The van der Waals surface area contributed by atoms with Gasteiger partial charge in [-0.1, -0.05) is 36.0 Å². The van der Waals surface area contributed by atoms with Crippen LogP contribution in [0.5, 0.6) is 0 Å². The Hall–Kier alpha value is -3.04. The van der Waals surface area contributed by atoms with Gasteiger partial charge in [0.25, 0.3) is 0 Å². The molecule has 5 aromatic rings. The molecule has 2 aromatic carbocycles. The van der Waals surface area contributed by atoms with E-state index in [1.54, 1.807) is 0 Å². The van der Waals surface area contributed by atoms with E-state index in [0.29, 0.717) is 16.4 Å². The third kappa shape index (κ3) is 2.88. The van der Waals surface area contributed by atoms with Gasteiger partial charge in [-0.05, 0) is 36.8 Å². The van der Waals surface area contributed by atoms with Gasteiger partial charge in [-0.25, -0.2) is 0 Å². The van der Waals surface area contributed by atoms with Crippen LogP contribution in [0.1, 0.15) is 5.56 Å². The number of nitrogens with zero attached hydrogens (tertiary/aromatic N) is 5. The van der Waals surface area contributed by atoms with E-state index >= 15 is 0 Å². The predicted octanol–water partition coefficient (Wildman–Crippen LogP) is 3.93. The molecule has 0 fully saturated rings. The molecule has 0 atom stereocenters. The summed E-state index contributed by atoms with van der Waals surface area (Å²) in [6.07, 6.45) is 0. The van der Waals surface area contributed by atoms with Gasteiger partial charge in [0, 0.05) is 5.39 Å². The van der Waals surface area contributed by atoms with E-state index in [-0.39, 0.29) is 11.7 Å². The molecule has 138 valence electrons. The Bertz CT molecular complexity index is 1340. The van der Waals surface area contributed by atoms with Crippen molar-refractivity contribution in [3.8, 4) is 0 Å². The molecule has 5 rings (SSSR count). The summed E-state index contributed by atoms with van der Waals surface area (Å²) in [6.45, 7) is 2.06. The number of hydrogen-bond donors (Lipinski definition) is 1. The van der Waals surface area contributed by atoms with Crippen LogP contribution >= 0.6 is 23.5 Å². The Morgan fingerprint density at radius 2 is 2.04 bits per heavy atom. The second kappa shape index (κ2) is 6.84. The lowest BCUT2D eigenvalue weighted by atomic mass is 10.1. The molecule has 7 nitrogen and oxygen atoms in total. The van der Waals surface area contributed by atoms with Crippen molar-refractivity contribution in [3.63, 3.8) is 0 Å². The third-order valence-electron chi connectivity index (χ3n) is 4.47. The van der Waals surface area contributed by atoms with Crippen LogP contribution in [0, 0.1) is 6.92 Å². The molecule has 0 unspecified atom stereocenters. The van der Waals surface area contributed by atoms with E-state index in [1.165, 1.54) is 11.8 Å². The van der Waals surface area contributed by atoms with E-state index in [4.69, 9.17) is 0 Å². The van der Waals surface area contributed by atoms with Crippen molar-refractivity contribution in [1.29, 1.82) is 0 Å². The number of aryl methyl sites for hydroxylation is 1. The van der Waals surface area contributed by atoms with E-state index in [1.807, 2.05) is 46.9 Å². The number of para-hydroxylation sites is 1. The number of hydrogen-bond acceptors (Lipinski definition) is 7. The number of pyridine rings is 1. The zero-order chi connectivity index (χ0) is 19.1. The van der Waals surface area contributed by atoms with Crippen LogP contribution in [0.3, 0.4) is 0 Å². The summed E-state index contributed by atoms with van der Waals surface area (Å²) in [5, 5.41) is 13.3. The average Bonchev–Trinajstić information content (AvgIpc) is 3.34. The molecule has 0 bridgehead atoms. The first-order valence-electron chi connectivity index (χ1n) is 8.58. The molecule has 0 aliphatic heterocycles. The lowest BCUT2D eigenvalue weighted by Gasteiger charge is -2.08. The molecule has 9 heteroatoms. The number of benzene rings is 2. The highest BCUT2D eigenvalue weighted by Crippen LogP contribution is 2.26. The molecule has 1 N–H and O–H groups in total. The minimum Gasteiger partial charge on any atom is -0.323 e. The van der Waals surface area contributed by atoms with Gasteiger partial charge in [-0.3, -0.25) is 9.20 Å². The highest BCUT2D eigenvalue weighted by molar-refractivity contribution is 7.99. The fourth-order valence-corrected chi connectivity index (χ4v) is 4.49. The molecule has 1 amide bonds. The van der Waals surface area contributed by atoms with Crippen molar-refractivity contribution in [3.05, 3.63) is 54.1 Å². The zero-order valence-corrected chi connectivity index (χ0v) is 16.4. The molecule has 3 heterocycles. The van der Waals surface area contributed by atoms with Crippen molar-refractivity contribution in [1.82, 2.24) is 23.3 Å². The summed E-state index contributed by atoms with van der Waals surface area (Å²) < 4.78 is 10.4. The largest absolute Gasteiger partial charge is 0.323 e. The fraction of sp³-hybridized carbons (Fsp3) is 0.105. The SMILES string of the molecule is Cc1cc2nnc(SCC(=O)Nc3cccc4nsnc34)n2c2ccccc12. The smallest absolute Gasteiger partial charge is 0.234 e. The van der Waals surface area contributed by atoms with E-state index in [9.17, 15) is 4.79 Å². The van der Waals surface area contributed by atoms with Gasteiger partial charge in [0.1, 0.15) is 11.0 Å². The maximum atomic E-state index is 12.5. The number of rotatable bonds is 4. The Labute approximate surface area is 168 Å². The summed E-state index contributed by atoms with van der Waals surface area (Å²) in [6, 6.07) is 15.7. The van der Waals surface area contributed by atoms with E-state index < -0.39 is 0 Å². The molecule has 0 aliphatic rings. The van der Waals surface area contributed by atoms with Crippen molar-refractivity contribution in [2.75, 3.05) is 11.1 Å². The first kappa shape index (κ1) is 17.1.